The van der Waals surface area contributed by atoms with Gasteiger partial charge in [-0.1, -0.05) is 38.0 Å². The van der Waals surface area contributed by atoms with Gasteiger partial charge in [0, 0.05) is 11.7 Å². The molecule has 5 heteroatoms. The number of para-hydroxylation sites is 1. The van der Waals surface area contributed by atoms with Crippen LogP contribution in [0.1, 0.15) is 44.6 Å². The number of rotatable bonds is 8. The number of hydrogen-bond acceptors (Lipinski definition) is 3. The van der Waals surface area contributed by atoms with Gasteiger partial charge in [-0.2, -0.15) is 0 Å². The van der Waals surface area contributed by atoms with Gasteiger partial charge in [-0.05, 0) is 44.4 Å². The average molecular weight is 331 g/mol. The van der Waals surface area contributed by atoms with Crippen LogP contribution in [0.25, 0.3) is 0 Å². The molecule has 1 aromatic rings. The average Bonchev–Trinajstić information content (AvgIpc) is 3.02. The van der Waals surface area contributed by atoms with Gasteiger partial charge in [-0.3, -0.25) is 14.5 Å². The van der Waals surface area contributed by atoms with Gasteiger partial charge in [0.2, 0.25) is 11.8 Å². The molecule has 0 heterocycles. The van der Waals surface area contributed by atoms with Gasteiger partial charge in [0.15, 0.2) is 0 Å². The van der Waals surface area contributed by atoms with Crippen molar-refractivity contribution in [1.29, 1.82) is 0 Å². The third-order valence-electron chi connectivity index (χ3n) is 4.41. The zero-order valence-corrected chi connectivity index (χ0v) is 14.8. The zero-order valence-electron chi connectivity index (χ0n) is 14.8. The van der Waals surface area contributed by atoms with Crippen LogP contribution in [0.4, 0.5) is 5.69 Å². The summed E-state index contributed by atoms with van der Waals surface area (Å²) in [6.07, 6.45) is 5.46. The fourth-order valence-corrected chi connectivity index (χ4v) is 3.18. The number of benzene rings is 1. The third-order valence-corrected chi connectivity index (χ3v) is 4.41. The Bertz CT molecular complexity index is 553. The third kappa shape index (κ3) is 5.96. The number of nitrogens with one attached hydrogen (secondary N) is 2. The SMILES string of the molecule is CCCN(CC(=O)Nc1ccccc1C)CC(=O)NC1CCCC1. The summed E-state index contributed by atoms with van der Waals surface area (Å²) in [5.74, 6) is -0.0505. The molecule has 2 rings (SSSR count). The van der Waals surface area contributed by atoms with Gasteiger partial charge in [-0.15, -0.1) is 0 Å². The van der Waals surface area contributed by atoms with Gasteiger partial charge >= 0.3 is 0 Å². The van der Waals surface area contributed by atoms with E-state index in [1.807, 2.05) is 36.1 Å². The smallest absolute Gasteiger partial charge is 0.238 e. The molecule has 0 unspecified atom stereocenters. The number of nitrogens with zero attached hydrogens (tertiary/aromatic N) is 1. The molecule has 132 valence electrons. The molecule has 0 saturated heterocycles. The molecule has 24 heavy (non-hydrogen) atoms. The fourth-order valence-electron chi connectivity index (χ4n) is 3.18. The number of carbonyl (C=O) groups excluding carboxylic acids is 2. The maximum absolute atomic E-state index is 12.3. The number of amides is 2. The first-order valence-electron chi connectivity index (χ1n) is 8.95. The molecule has 0 spiro atoms. The van der Waals surface area contributed by atoms with Crippen LogP contribution in [-0.4, -0.2) is 42.4 Å². The highest BCUT2D eigenvalue weighted by Gasteiger charge is 2.19. The summed E-state index contributed by atoms with van der Waals surface area (Å²) in [4.78, 5) is 26.4. The van der Waals surface area contributed by atoms with Gasteiger partial charge in [0.05, 0.1) is 13.1 Å². The highest BCUT2D eigenvalue weighted by Crippen LogP contribution is 2.17. The lowest BCUT2D eigenvalue weighted by atomic mass is 10.2. The largest absolute Gasteiger partial charge is 0.352 e. The lowest BCUT2D eigenvalue weighted by molar-refractivity contribution is -0.124. The summed E-state index contributed by atoms with van der Waals surface area (Å²) in [5.41, 5.74) is 1.86. The van der Waals surface area contributed by atoms with E-state index in [1.54, 1.807) is 0 Å². The summed E-state index contributed by atoms with van der Waals surface area (Å²) in [5, 5.41) is 6.02. The van der Waals surface area contributed by atoms with E-state index in [4.69, 9.17) is 0 Å². The summed E-state index contributed by atoms with van der Waals surface area (Å²) in [6.45, 7) is 5.28. The van der Waals surface area contributed by atoms with Gasteiger partial charge in [0.25, 0.3) is 0 Å². The molecule has 0 aromatic heterocycles. The second kappa shape index (κ2) is 9.42. The second-order valence-electron chi connectivity index (χ2n) is 6.62. The van der Waals surface area contributed by atoms with Crippen molar-refractivity contribution < 1.29 is 9.59 Å². The number of carbonyl (C=O) groups is 2. The van der Waals surface area contributed by atoms with Crippen LogP contribution in [-0.2, 0) is 9.59 Å². The first-order chi connectivity index (χ1) is 11.6. The molecule has 2 N–H and O–H groups in total. The molecule has 5 nitrogen and oxygen atoms in total. The summed E-state index contributed by atoms with van der Waals surface area (Å²) >= 11 is 0. The van der Waals surface area contributed by atoms with Crippen molar-refractivity contribution >= 4 is 17.5 Å². The Hall–Kier alpha value is -1.88. The van der Waals surface area contributed by atoms with Crippen LogP contribution in [0.2, 0.25) is 0 Å². The monoisotopic (exact) mass is 331 g/mol. The van der Waals surface area contributed by atoms with E-state index in [1.165, 1.54) is 12.8 Å². The lowest BCUT2D eigenvalue weighted by Gasteiger charge is -2.22. The molecule has 0 aliphatic heterocycles. The molecule has 0 atom stereocenters. The highest BCUT2D eigenvalue weighted by molar-refractivity contribution is 5.93. The Morgan fingerprint density at radius 2 is 1.79 bits per heavy atom. The topological polar surface area (TPSA) is 61.4 Å². The standard InChI is InChI=1S/C19H29N3O2/c1-3-12-22(13-18(23)20-16-9-5-6-10-16)14-19(24)21-17-11-7-4-8-15(17)2/h4,7-8,11,16H,3,5-6,9-10,12-14H2,1-2H3,(H,20,23)(H,21,24). The predicted octanol–water partition coefficient (Wildman–Crippen LogP) is 2.70. The quantitative estimate of drug-likeness (QED) is 0.770. The molecular weight excluding hydrogens is 302 g/mol. The van der Waals surface area contributed by atoms with Crippen LogP contribution in [0, 0.1) is 6.92 Å². The van der Waals surface area contributed by atoms with Gasteiger partial charge in [-0.25, -0.2) is 0 Å². The molecule has 2 amide bonds. The van der Waals surface area contributed by atoms with Crippen molar-refractivity contribution in [2.75, 3.05) is 25.0 Å². The molecular formula is C19H29N3O2. The maximum atomic E-state index is 12.3. The molecule has 1 aliphatic carbocycles. The van der Waals surface area contributed by atoms with Crippen molar-refractivity contribution in [1.82, 2.24) is 10.2 Å². The minimum absolute atomic E-state index is 0.0269. The highest BCUT2D eigenvalue weighted by atomic mass is 16.2. The van der Waals surface area contributed by atoms with Crippen molar-refractivity contribution in [3.63, 3.8) is 0 Å². The normalized spacial score (nSPS) is 14.8. The Morgan fingerprint density at radius 3 is 2.46 bits per heavy atom. The second-order valence-corrected chi connectivity index (χ2v) is 6.62. The van der Waals surface area contributed by atoms with Crippen LogP contribution in [0.5, 0.6) is 0 Å². The van der Waals surface area contributed by atoms with E-state index in [2.05, 4.69) is 17.6 Å². The van der Waals surface area contributed by atoms with Crippen LogP contribution >= 0.6 is 0 Å². The number of anilines is 1. The summed E-state index contributed by atoms with van der Waals surface area (Å²) < 4.78 is 0. The van der Waals surface area contributed by atoms with E-state index in [9.17, 15) is 9.59 Å². The van der Waals surface area contributed by atoms with Crippen molar-refractivity contribution in [2.45, 2.75) is 52.0 Å². The minimum Gasteiger partial charge on any atom is -0.352 e. The Balaban J connectivity index is 1.84. The van der Waals surface area contributed by atoms with Crippen LogP contribution in [0.3, 0.4) is 0 Å². The van der Waals surface area contributed by atoms with E-state index in [0.717, 1.165) is 37.1 Å². The lowest BCUT2D eigenvalue weighted by Crippen LogP contribution is -2.44. The minimum atomic E-state index is -0.0774. The Kier molecular flexibility index (Phi) is 7.25. The first-order valence-corrected chi connectivity index (χ1v) is 8.95. The Morgan fingerprint density at radius 1 is 1.12 bits per heavy atom. The van der Waals surface area contributed by atoms with E-state index >= 15 is 0 Å². The van der Waals surface area contributed by atoms with E-state index < -0.39 is 0 Å². The van der Waals surface area contributed by atoms with Crippen LogP contribution in [0.15, 0.2) is 24.3 Å². The first kappa shape index (κ1) is 18.5. The Labute approximate surface area is 144 Å². The maximum Gasteiger partial charge on any atom is 0.238 e. The zero-order chi connectivity index (χ0) is 17.4. The number of aryl methyl sites for hydroxylation is 1. The molecule has 1 fully saturated rings. The molecule has 0 bridgehead atoms. The van der Waals surface area contributed by atoms with Crippen molar-refractivity contribution in [3.8, 4) is 0 Å². The summed E-state index contributed by atoms with van der Waals surface area (Å²) in [7, 11) is 0. The van der Waals surface area contributed by atoms with Crippen molar-refractivity contribution in [3.05, 3.63) is 29.8 Å². The number of hydrogen-bond donors (Lipinski definition) is 2. The molecule has 1 aliphatic rings. The van der Waals surface area contributed by atoms with E-state index in [0.29, 0.717) is 6.04 Å². The van der Waals surface area contributed by atoms with Gasteiger partial charge in [0.1, 0.15) is 0 Å². The predicted molar refractivity (Wildman–Crippen MR) is 96.9 cm³/mol. The van der Waals surface area contributed by atoms with E-state index in [-0.39, 0.29) is 24.9 Å². The fraction of sp³-hybridized carbons (Fsp3) is 0.579. The van der Waals surface area contributed by atoms with Crippen LogP contribution < -0.4 is 10.6 Å². The molecule has 0 radical (unpaired) electrons. The summed E-state index contributed by atoms with van der Waals surface area (Å²) in [6, 6.07) is 8.03. The van der Waals surface area contributed by atoms with Gasteiger partial charge < -0.3 is 10.6 Å². The molecule has 1 aromatic carbocycles. The molecule has 1 saturated carbocycles. The van der Waals surface area contributed by atoms with Crippen molar-refractivity contribution in [2.24, 2.45) is 0 Å².